The van der Waals surface area contributed by atoms with Gasteiger partial charge in [0.2, 0.25) is 0 Å². The number of benzene rings is 1. The molecule has 1 atom stereocenters. The molecule has 0 radical (unpaired) electrons. The Balaban J connectivity index is 2.17. The Kier molecular flexibility index (Phi) is 3.19. The predicted octanol–water partition coefficient (Wildman–Crippen LogP) is 1.54. The molecule has 0 amide bonds. The molecular formula is C12H14FN3O. The predicted molar refractivity (Wildman–Crippen MR) is 60.8 cm³/mol. The monoisotopic (exact) mass is 235 g/mol. The Hall–Kier alpha value is -1.75. The SMILES string of the molecule is Cc1cc(C(O)Cc2ncnn2C)ccc1F. The molecule has 5 heteroatoms. The first-order chi connectivity index (χ1) is 8.08. The molecule has 0 bridgehead atoms. The van der Waals surface area contributed by atoms with Crippen LogP contribution in [0.2, 0.25) is 0 Å². The first-order valence-corrected chi connectivity index (χ1v) is 5.35. The first kappa shape index (κ1) is 11.7. The van der Waals surface area contributed by atoms with Crippen molar-refractivity contribution in [2.45, 2.75) is 19.4 Å². The minimum atomic E-state index is -0.697. The maximum absolute atomic E-state index is 13.1. The number of hydrogen-bond donors (Lipinski definition) is 1. The molecule has 0 aliphatic carbocycles. The molecule has 1 N–H and O–H groups in total. The smallest absolute Gasteiger partial charge is 0.138 e. The van der Waals surface area contributed by atoms with Crippen LogP contribution in [0.4, 0.5) is 4.39 Å². The molecule has 2 aromatic rings. The highest BCUT2D eigenvalue weighted by atomic mass is 19.1. The molecule has 0 aliphatic heterocycles. The zero-order valence-electron chi connectivity index (χ0n) is 9.76. The van der Waals surface area contributed by atoms with Crippen molar-refractivity contribution >= 4 is 0 Å². The molecule has 0 spiro atoms. The van der Waals surface area contributed by atoms with Gasteiger partial charge in [-0.1, -0.05) is 12.1 Å². The van der Waals surface area contributed by atoms with Crippen LogP contribution >= 0.6 is 0 Å². The number of aliphatic hydroxyl groups excluding tert-OH is 1. The number of hydrogen-bond acceptors (Lipinski definition) is 3. The average molecular weight is 235 g/mol. The van der Waals surface area contributed by atoms with Gasteiger partial charge < -0.3 is 5.11 Å². The van der Waals surface area contributed by atoms with Crippen molar-refractivity contribution in [3.63, 3.8) is 0 Å². The van der Waals surface area contributed by atoms with Crippen LogP contribution in [-0.4, -0.2) is 19.9 Å². The van der Waals surface area contributed by atoms with E-state index in [-0.39, 0.29) is 5.82 Å². The van der Waals surface area contributed by atoms with Crippen molar-refractivity contribution in [2.24, 2.45) is 7.05 Å². The second kappa shape index (κ2) is 4.63. The van der Waals surface area contributed by atoms with Crippen LogP contribution in [0.5, 0.6) is 0 Å². The van der Waals surface area contributed by atoms with E-state index >= 15 is 0 Å². The van der Waals surface area contributed by atoms with Gasteiger partial charge in [0.15, 0.2) is 0 Å². The zero-order chi connectivity index (χ0) is 12.4. The van der Waals surface area contributed by atoms with Gasteiger partial charge in [-0.3, -0.25) is 4.68 Å². The second-order valence-corrected chi connectivity index (χ2v) is 4.03. The Morgan fingerprint density at radius 1 is 1.47 bits per heavy atom. The Bertz CT molecular complexity index is 524. The van der Waals surface area contributed by atoms with Crippen LogP contribution in [0, 0.1) is 12.7 Å². The summed E-state index contributed by atoms with van der Waals surface area (Å²) >= 11 is 0. The molecule has 0 saturated carbocycles. The summed E-state index contributed by atoms with van der Waals surface area (Å²) < 4.78 is 14.7. The highest BCUT2D eigenvalue weighted by Gasteiger charge is 2.13. The molecular weight excluding hydrogens is 221 g/mol. The van der Waals surface area contributed by atoms with Crippen molar-refractivity contribution in [1.29, 1.82) is 0 Å². The fraction of sp³-hybridized carbons (Fsp3) is 0.333. The summed E-state index contributed by atoms with van der Waals surface area (Å²) in [6.07, 6.45) is 1.11. The number of aryl methyl sites for hydroxylation is 2. The Morgan fingerprint density at radius 3 is 2.82 bits per heavy atom. The molecule has 0 fully saturated rings. The van der Waals surface area contributed by atoms with E-state index in [1.54, 1.807) is 30.8 Å². The number of nitrogens with zero attached hydrogens (tertiary/aromatic N) is 3. The van der Waals surface area contributed by atoms with Crippen molar-refractivity contribution in [1.82, 2.24) is 14.8 Å². The van der Waals surface area contributed by atoms with Gasteiger partial charge in [0.05, 0.1) is 6.10 Å². The molecule has 1 heterocycles. The molecule has 1 unspecified atom stereocenters. The normalized spacial score (nSPS) is 12.7. The minimum absolute atomic E-state index is 0.264. The Morgan fingerprint density at radius 2 is 2.24 bits per heavy atom. The summed E-state index contributed by atoms with van der Waals surface area (Å²) in [5, 5.41) is 14.0. The third-order valence-corrected chi connectivity index (χ3v) is 2.75. The van der Waals surface area contributed by atoms with Crippen LogP contribution < -0.4 is 0 Å². The lowest BCUT2D eigenvalue weighted by molar-refractivity contribution is 0.174. The third-order valence-electron chi connectivity index (χ3n) is 2.75. The van der Waals surface area contributed by atoms with Gasteiger partial charge in [0.1, 0.15) is 18.0 Å². The van der Waals surface area contributed by atoms with Crippen LogP contribution in [0.15, 0.2) is 24.5 Å². The van der Waals surface area contributed by atoms with Gasteiger partial charge in [-0.15, -0.1) is 0 Å². The molecule has 4 nitrogen and oxygen atoms in total. The van der Waals surface area contributed by atoms with Crippen LogP contribution in [0.1, 0.15) is 23.1 Å². The number of rotatable bonds is 3. The number of halogens is 1. The van der Waals surface area contributed by atoms with Gasteiger partial charge in [0, 0.05) is 13.5 Å². The van der Waals surface area contributed by atoms with Gasteiger partial charge >= 0.3 is 0 Å². The van der Waals surface area contributed by atoms with Crippen molar-refractivity contribution in [3.05, 3.63) is 47.3 Å². The summed E-state index contributed by atoms with van der Waals surface area (Å²) in [5.41, 5.74) is 1.21. The van der Waals surface area contributed by atoms with E-state index in [9.17, 15) is 9.50 Å². The maximum atomic E-state index is 13.1. The topological polar surface area (TPSA) is 50.9 Å². The van der Waals surface area contributed by atoms with Crippen molar-refractivity contribution < 1.29 is 9.50 Å². The van der Waals surface area contributed by atoms with Gasteiger partial charge in [-0.25, -0.2) is 9.37 Å². The molecule has 90 valence electrons. The van der Waals surface area contributed by atoms with E-state index in [1.165, 1.54) is 12.4 Å². The molecule has 0 saturated heterocycles. The van der Waals surface area contributed by atoms with Crippen LogP contribution in [0.3, 0.4) is 0 Å². The van der Waals surface area contributed by atoms with E-state index in [0.717, 1.165) is 0 Å². The molecule has 1 aromatic heterocycles. The summed E-state index contributed by atoms with van der Waals surface area (Å²) in [6, 6.07) is 4.60. The van der Waals surface area contributed by atoms with Gasteiger partial charge in [-0.2, -0.15) is 5.10 Å². The largest absolute Gasteiger partial charge is 0.388 e. The zero-order valence-corrected chi connectivity index (χ0v) is 9.76. The van der Waals surface area contributed by atoms with Crippen LogP contribution in [0.25, 0.3) is 0 Å². The lowest BCUT2D eigenvalue weighted by atomic mass is 10.0. The van der Waals surface area contributed by atoms with Crippen LogP contribution in [-0.2, 0) is 13.5 Å². The highest BCUT2D eigenvalue weighted by molar-refractivity contribution is 5.26. The van der Waals surface area contributed by atoms with E-state index in [4.69, 9.17) is 0 Å². The second-order valence-electron chi connectivity index (χ2n) is 4.03. The summed E-state index contributed by atoms with van der Waals surface area (Å²) in [5.74, 6) is 0.430. The van der Waals surface area contributed by atoms with Gasteiger partial charge in [-0.05, 0) is 24.1 Å². The van der Waals surface area contributed by atoms with E-state index in [1.807, 2.05) is 0 Å². The lowest BCUT2D eigenvalue weighted by Gasteiger charge is -2.11. The standard InChI is InChI=1S/C12H14FN3O/c1-8-5-9(3-4-10(8)13)11(17)6-12-14-7-15-16(12)2/h3-5,7,11,17H,6H2,1-2H3. The fourth-order valence-electron chi connectivity index (χ4n) is 1.67. The van der Waals surface area contributed by atoms with E-state index < -0.39 is 6.10 Å². The average Bonchev–Trinajstić information content (AvgIpc) is 2.68. The first-order valence-electron chi connectivity index (χ1n) is 5.35. The summed E-state index contributed by atoms with van der Waals surface area (Å²) in [7, 11) is 1.77. The quantitative estimate of drug-likeness (QED) is 0.878. The molecule has 17 heavy (non-hydrogen) atoms. The van der Waals surface area contributed by atoms with E-state index in [2.05, 4.69) is 10.1 Å². The van der Waals surface area contributed by atoms with E-state index in [0.29, 0.717) is 23.4 Å². The molecule has 2 rings (SSSR count). The Labute approximate surface area is 98.7 Å². The summed E-state index contributed by atoms with van der Waals surface area (Å²) in [4.78, 5) is 4.04. The number of aromatic nitrogens is 3. The maximum Gasteiger partial charge on any atom is 0.138 e. The highest BCUT2D eigenvalue weighted by Crippen LogP contribution is 2.19. The molecule has 0 aliphatic rings. The lowest BCUT2D eigenvalue weighted by Crippen LogP contribution is -2.08. The summed E-state index contributed by atoms with van der Waals surface area (Å²) in [6.45, 7) is 1.67. The van der Waals surface area contributed by atoms with Crippen molar-refractivity contribution in [3.8, 4) is 0 Å². The number of aliphatic hydroxyl groups is 1. The van der Waals surface area contributed by atoms with Gasteiger partial charge in [0.25, 0.3) is 0 Å². The third kappa shape index (κ3) is 2.50. The molecule has 1 aromatic carbocycles. The minimum Gasteiger partial charge on any atom is -0.388 e. The van der Waals surface area contributed by atoms with Crippen molar-refractivity contribution in [2.75, 3.05) is 0 Å². The fourth-order valence-corrected chi connectivity index (χ4v) is 1.67.